The fourth-order valence-corrected chi connectivity index (χ4v) is 3.17. The second kappa shape index (κ2) is 8.24. The maximum absolute atomic E-state index is 11.1. The molecule has 1 aliphatic carbocycles. The number of hydrogen-bond acceptors (Lipinski definition) is 1. The summed E-state index contributed by atoms with van der Waals surface area (Å²) in [5, 5.41) is 0. The maximum Gasteiger partial charge on any atom is 0.508 e. The van der Waals surface area contributed by atoms with Crippen molar-refractivity contribution in [3.05, 3.63) is 0 Å². The first-order valence-corrected chi connectivity index (χ1v) is 7.74. The van der Waals surface area contributed by atoms with Gasteiger partial charge in [0.1, 0.15) is 0 Å². The molecule has 0 aromatic rings. The molecule has 1 atom stereocenters. The lowest BCUT2D eigenvalue weighted by Gasteiger charge is -2.08. The standard InChI is InChI=1S/C12H23O2P/c13-15(14)12-10-8-6-4-2-1-3-5-7-9-11-12/h12H,1-11H2/p+1. The largest absolute Gasteiger partial charge is 0.508 e. The van der Waals surface area contributed by atoms with Crippen molar-refractivity contribution >= 4 is 8.03 Å². The Kier molecular flexibility index (Phi) is 7.21. The van der Waals surface area contributed by atoms with Gasteiger partial charge in [-0.1, -0.05) is 44.9 Å². The van der Waals surface area contributed by atoms with Gasteiger partial charge in [-0.05, 0) is 30.2 Å². The zero-order valence-corrected chi connectivity index (χ0v) is 10.6. The van der Waals surface area contributed by atoms with Crippen LogP contribution in [-0.4, -0.2) is 10.6 Å². The van der Waals surface area contributed by atoms with Crippen molar-refractivity contribution in [1.29, 1.82) is 0 Å². The molecule has 0 saturated heterocycles. The van der Waals surface area contributed by atoms with E-state index in [1.807, 2.05) is 0 Å². The quantitative estimate of drug-likeness (QED) is 0.679. The molecule has 0 amide bonds. The number of rotatable bonds is 1. The van der Waals surface area contributed by atoms with Gasteiger partial charge in [-0.2, -0.15) is 4.89 Å². The van der Waals surface area contributed by atoms with E-state index in [0.29, 0.717) is 0 Å². The molecule has 0 heterocycles. The molecule has 0 spiro atoms. The Morgan fingerprint density at radius 1 is 0.733 bits per heavy atom. The van der Waals surface area contributed by atoms with Gasteiger partial charge in [-0.15, -0.1) is 0 Å². The Balaban J connectivity index is 2.28. The first kappa shape index (κ1) is 13.1. The molecule has 15 heavy (non-hydrogen) atoms. The highest BCUT2D eigenvalue weighted by atomic mass is 31.1. The molecule has 1 unspecified atom stereocenters. The third-order valence-electron chi connectivity index (χ3n) is 3.39. The number of hydrogen-bond donors (Lipinski definition) is 1. The molecule has 0 radical (unpaired) electrons. The SMILES string of the molecule is O=[P+](O)C1CCCCCCCCCCC1. The van der Waals surface area contributed by atoms with Crippen molar-refractivity contribution in [1.82, 2.24) is 0 Å². The monoisotopic (exact) mass is 231 g/mol. The van der Waals surface area contributed by atoms with Crippen LogP contribution in [0.2, 0.25) is 0 Å². The van der Waals surface area contributed by atoms with Crippen molar-refractivity contribution in [2.24, 2.45) is 0 Å². The molecule has 88 valence electrons. The summed E-state index contributed by atoms with van der Waals surface area (Å²) >= 11 is 0. The summed E-state index contributed by atoms with van der Waals surface area (Å²) in [6, 6.07) is 0. The van der Waals surface area contributed by atoms with E-state index in [-0.39, 0.29) is 5.66 Å². The van der Waals surface area contributed by atoms with Crippen LogP contribution in [0, 0.1) is 0 Å². The Labute approximate surface area is 94.3 Å². The van der Waals surface area contributed by atoms with Crippen LogP contribution in [0.15, 0.2) is 0 Å². The lowest BCUT2D eigenvalue weighted by Crippen LogP contribution is -2.03. The van der Waals surface area contributed by atoms with E-state index >= 15 is 0 Å². The molecule has 0 aliphatic heterocycles. The molecule has 1 rings (SSSR count). The zero-order chi connectivity index (χ0) is 10.9. The summed E-state index contributed by atoms with van der Waals surface area (Å²) in [6.07, 6.45) is 13.4. The first-order chi connectivity index (χ1) is 7.30. The van der Waals surface area contributed by atoms with Crippen LogP contribution in [0.3, 0.4) is 0 Å². The molecule has 0 aromatic heterocycles. The molecule has 3 heteroatoms. The van der Waals surface area contributed by atoms with Crippen LogP contribution < -0.4 is 0 Å². The van der Waals surface area contributed by atoms with Crippen molar-refractivity contribution < 1.29 is 9.46 Å². The van der Waals surface area contributed by atoms with Gasteiger partial charge < -0.3 is 0 Å². The molecule has 0 bridgehead atoms. The highest BCUT2D eigenvalue weighted by Crippen LogP contribution is 2.32. The summed E-state index contributed by atoms with van der Waals surface area (Å²) in [5.41, 5.74) is 0.0828. The molecule has 1 fully saturated rings. The maximum atomic E-state index is 11.1. The second-order valence-corrected chi connectivity index (χ2v) is 6.05. The van der Waals surface area contributed by atoms with Crippen molar-refractivity contribution in [3.8, 4) is 0 Å². The van der Waals surface area contributed by atoms with E-state index in [4.69, 9.17) is 0 Å². The molecule has 1 aliphatic rings. The minimum absolute atomic E-state index is 0.0828. The van der Waals surface area contributed by atoms with E-state index in [2.05, 4.69) is 0 Å². The Hall–Kier alpha value is 0.0600. The lowest BCUT2D eigenvalue weighted by atomic mass is 10.0. The van der Waals surface area contributed by atoms with E-state index in [9.17, 15) is 9.46 Å². The molecule has 1 N–H and O–H groups in total. The molecule has 0 aromatic carbocycles. The zero-order valence-electron chi connectivity index (χ0n) is 9.66. The molecular weight excluding hydrogens is 207 g/mol. The van der Waals surface area contributed by atoms with Gasteiger partial charge in [-0.25, -0.2) is 0 Å². The summed E-state index contributed by atoms with van der Waals surface area (Å²) < 4.78 is 11.1. The van der Waals surface area contributed by atoms with Gasteiger partial charge in [0.05, 0.1) is 0 Å². The van der Waals surface area contributed by atoms with Gasteiger partial charge >= 0.3 is 8.03 Å². The van der Waals surface area contributed by atoms with E-state index in [1.165, 1.54) is 44.9 Å². The Morgan fingerprint density at radius 2 is 1.07 bits per heavy atom. The Morgan fingerprint density at radius 3 is 1.40 bits per heavy atom. The summed E-state index contributed by atoms with van der Waals surface area (Å²) in [7, 11) is -1.93. The van der Waals surface area contributed by atoms with Crippen LogP contribution in [0.25, 0.3) is 0 Å². The third-order valence-corrected chi connectivity index (χ3v) is 4.53. The smallest absolute Gasteiger partial charge is 0.161 e. The summed E-state index contributed by atoms with van der Waals surface area (Å²) in [6.45, 7) is 0. The van der Waals surface area contributed by atoms with Crippen LogP contribution in [0.4, 0.5) is 0 Å². The third kappa shape index (κ3) is 6.27. The van der Waals surface area contributed by atoms with Crippen LogP contribution in [0.5, 0.6) is 0 Å². The van der Waals surface area contributed by atoms with Crippen LogP contribution in [0.1, 0.15) is 70.6 Å². The van der Waals surface area contributed by atoms with Gasteiger partial charge in [-0.3, -0.25) is 0 Å². The van der Waals surface area contributed by atoms with Crippen LogP contribution >= 0.6 is 8.03 Å². The second-order valence-electron chi connectivity index (χ2n) is 4.72. The fourth-order valence-electron chi connectivity index (χ4n) is 2.36. The normalized spacial score (nSPS) is 23.9. The highest BCUT2D eigenvalue weighted by molar-refractivity contribution is 7.38. The molecule has 1 saturated carbocycles. The first-order valence-electron chi connectivity index (χ1n) is 6.46. The molecular formula is C12H24O2P+. The van der Waals surface area contributed by atoms with Crippen LogP contribution in [-0.2, 0) is 4.57 Å². The van der Waals surface area contributed by atoms with Gasteiger partial charge in [0.2, 0.25) is 0 Å². The van der Waals surface area contributed by atoms with E-state index < -0.39 is 8.03 Å². The minimum atomic E-state index is -1.93. The lowest BCUT2D eigenvalue weighted by molar-refractivity contribution is 0.455. The van der Waals surface area contributed by atoms with E-state index in [1.54, 1.807) is 0 Å². The molecule has 2 nitrogen and oxygen atoms in total. The van der Waals surface area contributed by atoms with E-state index in [0.717, 1.165) is 25.7 Å². The van der Waals surface area contributed by atoms with Crippen molar-refractivity contribution in [2.45, 2.75) is 76.3 Å². The van der Waals surface area contributed by atoms with Crippen molar-refractivity contribution in [3.63, 3.8) is 0 Å². The van der Waals surface area contributed by atoms with Gasteiger partial charge in [0, 0.05) is 0 Å². The Bertz CT molecular complexity index is 170. The summed E-state index contributed by atoms with van der Waals surface area (Å²) in [4.78, 5) is 9.19. The predicted octanol–water partition coefficient (Wildman–Crippen LogP) is 4.39. The highest BCUT2D eigenvalue weighted by Gasteiger charge is 2.27. The van der Waals surface area contributed by atoms with Gasteiger partial charge in [0.15, 0.2) is 5.66 Å². The van der Waals surface area contributed by atoms with Gasteiger partial charge in [0.25, 0.3) is 0 Å². The topological polar surface area (TPSA) is 37.3 Å². The van der Waals surface area contributed by atoms with Crippen molar-refractivity contribution in [2.75, 3.05) is 0 Å². The average Bonchev–Trinajstić information content (AvgIpc) is 2.18. The minimum Gasteiger partial charge on any atom is -0.161 e. The fraction of sp³-hybridized carbons (Fsp3) is 1.00. The average molecular weight is 231 g/mol. The predicted molar refractivity (Wildman–Crippen MR) is 64.4 cm³/mol. The summed E-state index contributed by atoms with van der Waals surface area (Å²) in [5.74, 6) is 0.